The van der Waals surface area contributed by atoms with Crippen LogP contribution in [-0.4, -0.2) is 63.0 Å². The Balaban J connectivity index is 1.23. The van der Waals surface area contributed by atoms with Crippen molar-refractivity contribution in [3.8, 4) is 0 Å². The molecule has 29 heavy (non-hydrogen) atoms. The Morgan fingerprint density at radius 1 is 1.03 bits per heavy atom. The number of nitrogens with one attached hydrogen (secondary N) is 1. The number of thioether (sulfide) groups is 1. The van der Waals surface area contributed by atoms with Crippen molar-refractivity contribution in [2.45, 2.75) is 49.5 Å². The Bertz CT molecular complexity index is 904. The molecule has 0 aromatic heterocycles. The molecule has 1 aromatic carbocycles. The Labute approximate surface area is 177 Å². The number of piperidine rings is 1. The zero-order chi connectivity index (χ0) is 20.0. The monoisotopic (exact) mass is 435 g/mol. The number of likely N-dealkylation sites (tertiary alicyclic amines) is 1. The summed E-state index contributed by atoms with van der Waals surface area (Å²) in [4.78, 5) is 16.9. The molecular weight excluding hydrogens is 406 g/mol. The van der Waals surface area contributed by atoms with E-state index in [1.165, 1.54) is 17.9 Å². The van der Waals surface area contributed by atoms with Gasteiger partial charge in [-0.3, -0.25) is 9.69 Å². The minimum atomic E-state index is -3.52. The number of aryl methyl sites for hydroxylation is 1. The fourth-order valence-corrected chi connectivity index (χ4v) is 7.70. The summed E-state index contributed by atoms with van der Waals surface area (Å²) in [5.74, 6) is 3.10. The Morgan fingerprint density at radius 3 is 2.52 bits per heavy atom. The van der Waals surface area contributed by atoms with Crippen LogP contribution in [0.1, 0.15) is 36.8 Å². The summed E-state index contributed by atoms with van der Waals surface area (Å²) in [5, 5.41) is 0. The summed E-state index contributed by atoms with van der Waals surface area (Å²) in [6, 6.07) is 4.29. The van der Waals surface area contributed by atoms with Crippen LogP contribution in [0.2, 0.25) is 0 Å². The summed E-state index contributed by atoms with van der Waals surface area (Å²) in [6.45, 7) is 3.37. The molecule has 1 unspecified atom stereocenters. The van der Waals surface area contributed by atoms with Gasteiger partial charge in [-0.1, -0.05) is 0 Å². The van der Waals surface area contributed by atoms with Crippen LogP contribution in [0.4, 0.5) is 5.69 Å². The van der Waals surface area contributed by atoms with Crippen molar-refractivity contribution in [1.82, 2.24) is 9.62 Å². The van der Waals surface area contributed by atoms with Gasteiger partial charge in [-0.05, 0) is 80.1 Å². The number of carbonyl (C=O) groups is 1. The van der Waals surface area contributed by atoms with Gasteiger partial charge in [0.05, 0.1) is 10.6 Å². The van der Waals surface area contributed by atoms with Crippen LogP contribution in [0.5, 0.6) is 0 Å². The minimum Gasteiger partial charge on any atom is -0.312 e. The van der Waals surface area contributed by atoms with Crippen LogP contribution in [0.25, 0.3) is 0 Å². The number of hydrogen-bond acceptors (Lipinski definition) is 5. The van der Waals surface area contributed by atoms with Crippen LogP contribution in [-0.2, 0) is 27.7 Å². The zero-order valence-corrected chi connectivity index (χ0v) is 18.4. The summed E-state index contributed by atoms with van der Waals surface area (Å²) in [6.07, 6.45) is 5.29. The lowest BCUT2D eigenvalue weighted by molar-refractivity contribution is -0.118. The molecule has 158 valence electrons. The van der Waals surface area contributed by atoms with E-state index >= 15 is 0 Å². The van der Waals surface area contributed by atoms with Crippen molar-refractivity contribution < 1.29 is 13.2 Å². The maximum Gasteiger partial charge on any atom is 0.240 e. The van der Waals surface area contributed by atoms with E-state index in [2.05, 4.69) is 9.62 Å². The number of nitrogens with zero attached hydrogens (tertiary/aromatic N) is 2. The summed E-state index contributed by atoms with van der Waals surface area (Å²) in [5.41, 5.74) is 2.97. The van der Waals surface area contributed by atoms with E-state index in [-0.39, 0.29) is 5.91 Å². The highest BCUT2D eigenvalue weighted by Gasteiger charge is 2.33. The SMILES string of the molecule is O=C1CCc2cc(S(=O)(=O)NCC3CCN(C4CCSC4)CC3)cc3c2N1CC3. The number of sulfonamides is 1. The van der Waals surface area contributed by atoms with Crippen LogP contribution >= 0.6 is 11.8 Å². The normalized spacial score (nSPS) is 25.6. The molecule has 0 bridgehead atoms. The fraction of sp³-hybridized carbons (Fsp3) is 0.667. The van der Waals surface area contributed by atoms with E-state index in [1.54, 1.807) is 12.1 Å². The van der Waals surface area contributed by atoms with Crippen molar-refractivity contribution in [1.29, 1.82) is 0 Å². The molecule has 0 aliphatic carbocycles. The van der Waals surface area contributed by atoms with Crippen molar-refractivity contribution in [2.24, 2.45) is 5.92 Å². The minimum absolute atomic E-state index is 0.160. The van der Waals surface area contributed by atoms with Gasteiger partial charge < -0.3 is 4.90 Å². The van der Waals surface area contributed by atoms with Gasteiger partial charge in [0.15, 0.2) is 0 Å². The first-order valence-electron chi connectivity index (χ1n) is 10.8. The maximum absolute atomic E-state index is 13.0. The number of rotatable bonds is 5. The van der Waals surface area contributed by atoms with Gasteiger partial charge >= 0.3 is 0 Å². The predicted octanol–water partition coefficient (Wildman–Crippen LogP) is 2.02. The van der Waals surface area contributed by atoms with Gasteiger partial charge in [0, 0.05) is 31.3 Å². The highest BCUT2D eigenvalue weighted by atomic mass is 32.2. The van der Waals surface area contributed by atoms with Crippen molar-refractivity contribution >= 4 is 33.4 Å². The Morgan fingerprint density at radius 2 is 1.79 bits per heavy atom. The van der Waals surface area contributed by atoms with Gasteiger partial charge in [0.25, 0.3) is 0 Å². The van der Waals surface area contributed by atoms with Gasteiger partial charge in [0.1, 0.15) is 0 Å². The van der Waals surface area contributed by atoms with Gasteiger partial charge in [-0.25, -0.2) is 13.1 Å². The van der Waals surface area contributed by atoms with E-state index in [0.29, 0.717) is 36.7 Å². The molecule has 4 heterocycles. The molecular formula is C21H29N3O3S2. The first kappa shape index (κ1) is 19.8. The topological polar surface area (TPSA) is 69.7 Å². The largest absolute Gasteiger partial charge is 0.312 e. The lowest BCUT2D eigenvalue weighted by atomic mass is 9.96. The highest BCUT2D eigenvalue weighted by molar-refractivity contribution is 7.99. The van der Waals surface area contributed by atoms with Crippen molar-refractivity contribution in [3.05, 3.63) is 23.3 Å². The fourth-order valence-electron chi connectivity index (χ4n) is 5.22. The Hall–Kier alpha value is -1.09. The molecule has 2 saturated heterocycles. The molecule has 4 aliphatic heterocycles. The van der Waals surface area contributed by atoms with E-state index in [1.807, 2.05) is 16.7 Å². The van der Waals surface area contributed by atoms with Crippen molar-refractivity contribution in [3.63, 3.8) is 0 Å². The Kier molecular flexibility index (Phi) is 5.39. The number of carbonyl (C=O) groups excluding carboxylic acids is 1. The van der Waals surface area contributed by atoms with E-state index < -0.39 is 10.0 Å². The lowest BCUT2D eigenvalue weighted by Gasteiger charge is -2.35. The average Bonchev–Trinajstić information content (AvgIpc) is 3.41. The van der Waals surface area contributed by atoms with E-state index in [0.717, 1.165) is 55.2 Å². The molecule has 5 rings (SSSR count). The van der Waals surface area contributed by atoms with Crippen LogP contribution < -0.4 is 9.62 Å². The zero-order valence-electron chi connectivity index (χ0n) is 16.7. The van der Waals surface area contributed by atoms with Crippen molar-refractivity contribution in [2.75, 3.05) is 42.6 Å². The summed E-state index contributed by atoms with van der Waals surface area (Å²) in [7, 11) is -3.52. The smallest absolute Gasteiger partial charge is 0.240 e. The number of amides is 1. The molecule has 8 heteroatoms. The third-order valence-electron chi connectivity index (χ3n) is 6.97. The molecule has 0 saturated carbocycles. The number of hydrogen-bond donors (Lipinski definition) is 1. The van der Waals surface area contributed by atoms with Crippen LogP contribution in [0.3, 0.4) is 0 Å². The van der Waals surface area contributed by atoms with E-state index in [4.69, 9.17) is 0 Å². The third-order valence-corrected chi connectivity index (χ3v) is 9.52. The second-order valence-corrected chi connectivity index (χ2v) is 11.7. The molecule has 0 radical (unpaired) electrons. The standard InChI is InChI=1S/C21H29N3O3S2/c25-20-2-1-16-11-19(12-17-5-9-24(20)21(16)17)29(26,27)22-13-15-3-7-23(8-4-15)18-6-10-28-14-18/h11-12,15,18,22H,1-10,13-14H2. The van der Waals surface area contributed by atoms with Gasteiger partial charge in [-0.15, -0.1) is 0 Å². The molecule has 6 nitrogen and oxygen atoms in total. The molecule has 1 atom stereocenters. The molecule has 0 spiro atoms. The van der Waals surface area contributed by atoms with Crippen LogP contribution in [0, 0.1) is 5.92 Å². The molecule has 1 amide bonds. The second-order valence-electron chi connectivity index (χ2n) is 8.73. The highest BCUT2D eigenvalue weighted by Crippen LogP contribution is 2.38. The third kappa shape index (κ3) is 3.84. The number of anilines is 1. The molecule has 4 aliphatic rings. The molecule has 1 aromatic rings. The number of benzene rings is 1. The summed E-state index contributed by atoms with van der Waals surface area (Å²) < 4.78 is 28.8. The maximum atomic E-state index is 13.0. The molecule has 2 fully saturated rings. The van der Waals surface area contributed by atoms with Crippen LogP contribution in [0.15, 0.2) is 17.0 Å². The first-order chi connectivity index (χ1) is 14.0. The molecule has 1 N–H and O–H groups in total. The van der Waals surface area contributed by atoms with Gasteiger partial charge in [-0.2, -0.15) is 11.8 Å². The quantitative estimate of drug-likeness (QED) is 0.766. The predicted molar refractivity (Wildman–Crippen MR) is 116 cm³/mol. The lowest BCUT2D eigenvalue weighted by Crippen LogP contribution is -2.43. The first-order valence-corrected chi connectivity index (χ1v) is 13.4. The average molecular weight is 436 g/mol. The van der Waals surface area contributed by atoms with Gasteiger partial charge in [0.2, 0.25) is 15.9 Å². The van der Waals surface area contributed by atoms with E-state index in [9.17, 15) is 13.2 Å². The summed E-state index contributed by atoms with van der Waals surface area (Å²) >= 11 is 2.05. The second kappa shape index (κ2) is 7.87.